The molecule has 0 radical (unpaired) electrons. The first-order valence-electron chi connectivity index (χ1n) is 8.10. The predicted octanol–water partition coefficient (Wildman–Crippen LogP) is 2.29. The SMILES string of the molecule is C#Cc1ccc(CC(=O)N2CCN(C(=O)OC(C)(C)C)CC2)cc1. The maximum Gasteiger partial charge on any atom is 0.410 e. The van der Waals surface area contributed by atoms with E-state index in [0.29, 0.717) is 32.6 Å². The molecule has 0 saturated carbocycles. The third-order valence-corrected chi connectivity index (χ3v) is 3.76. The van der Waals surface area contributed by atoms with Crippen molar-refractivity contribution < 1.29 is 14.3 Å². The van der Waals surface area contributed by atoms with Crippen LogP contribution in [0.4, 0.5) is 4.79 Å². The summed E-state index contributed by atoms with van der Waals surface area (Å²) in [5, 5.41) is 0. The zero-order valence-electron chi connectivity index (χ0n) is 14.5. The van der Waals surface area contributed by atoms with Crippen molar-refractivity contribution >= 4 is 12.0 Å². The minimum Gasteiger partial charge on any atom is -0.444 e. The van der Waals surface area contributed by atoms with E-state index in [0.717, 1.165) is 11.1 Å². The summed E-state index contributed by atoms with van der Waals surface area (Å²) in [6, 6.07) is 7.43. The molecule has 0 bridgehead atoms. The van der Waals surface area contributed by atoms with E-state index in [-0.39, 0.29) is 12.0 Å². The Morgan fingerprint density at radius 3 is 2.12 bits per heavy atom. The highest BCUT2D eigenvalue weighted by Crippen LogP contribution is 2.13. The zero-order chi connectivity index (χ0) is 17.7. The number of amides is 2. The second-order valence-electron chi connectivity index (χ2n) is 6.87. The molecule has 1 fully saturated rings. The smallest absolute Gasteiger partial charge is 0.410 e. The van der Waals surface area contributed by atoms with Gasteiger partial charge in [-0.2, -0.15) is 0 Å². The number of nitrogens with zero attached hydrogens (tertiary/aromatic N) is 2. The average molecular weight is 328 g/mol. The van der Waals surface area contributed by atoms with Crippen molar-refractivity contribution in [2.75, 3.05) is 26.2 Å². The molecule has 0 unspecified atom stereocenters. The first-order chi connectivity index (χ1) is 11.3. The van der Waals surface area contributed by atoms with Gasteiger partial charge in [0.1, 0.15) is 5.60 Å². The Morgan fingerprint density at radius 2 is 1.62 bits per heavy atom. The van der Waals surface area contributed by atoms with Crippen LogP contribution in [0.1, 0.15) is 31.9 Å². The molecule has 1 aliphatic rings. The van der Waals surface area contributed by atoms with Gasteiger partial charge in [0.05, 0.1) is 6.42 Å². The van der Waals surface area contributed by atoms with Crippen molar-refractivity contribution in [2.45, 2.75) is 32.8 Å². The maximum atomic E-state index is 12.4. The van der Waals surface area contributed by atoms with Gasteiger partial charge >= 0.3 is 6.09 Å². The van der Waals surface area contributed by atoms with Crippen LogP contribution in [0.15, 0.2) is 24.3 Å². The van der Waals surface area contributed by atoms with Gasteiger partial charge in [0.25, 0.3) is 0 Å². The van der Waals surface area contributed by atoms with E-state index in [9.17, 15) is 9.59 Å². The van der Waals surface area contributed by atoms with Crippen molar-refractivity contribution in [1.82, 2.24) is 9.80 Å². The highest BCUT2D eigenvalue weighted by molar-refractivity contribution is 5.79. The van der Waals surface area contributed by atoms with Gasteiger partial charge in [0.15, 0.2) is 0 Å². The van der Waals surface area contributed by atoms with Crippen LogP contribution >= 0.6 is 0 Å². The predicted molar refractivity (Wildman–Crippen MR) is 92.5 cm³/mol. The lowest BCUT2D eigenvalue weighted by Gasteiger charge is -2.35. The summed E-state index contributed by atoms with van der Waals surface area (Å²) in [6.45, 7) is 7.58. The summed E-state index contributed by atoms with van der Waals surface area (Å²) in [4.78, 5) is 27.8. The molecule has 1 aromatic carbocycles. The Bertz CT molecular complexity index is 630. The second kappa shape index (κ2) is 7.39. The Balaban J connectivity index is 1.84. The van der Waals surface area contributed by atoms with E-state index in [1.807, 2.05) is 45.0 Å². The fraction of sp³-hybridized carbons (Fsp3) is 0.474. The van der Waals surface area contributed by atoms with E-state index < -0.39 is 5.60 Å². The van der Waals surface area contributed by atoms with Gasteiger partial charge in [-0.15, -0.1) is 6.42 Å². The first kappa shape index (κ1) is 17.9. The van der Waals surface area contributed by atoms with Crippen molar-refractivity contribution in [3.05, 3.63) is 35.4 Å². The molecule has 24 heavy (non-hydrogen) atoms. The van der Waals surface area contributed by atoms with E-state index >= 15 is 0 Å². The summed E-state index contributed by atoms with van der Waals surface area (Å²) < 4.78 is 5.36. The number of carbonyl (C=O) groups is 2. The van der Waals surface area contributed by atoms with E-state index in [1.165, 1.54) is 0 Å². The van der Waals surface area contributed by atoms with Crippen LogP contribution in [0.25, 0.3) is 0 Å². The number of benzene rings is 1. The van der Waals surface area contributed by atoms with Gasteiger partial charge in [-0.05, 0) is 38.5 Å². The van der Waals surface area contributed by atoms with Crippen molar-refractivity contribution in [2.24, 2.45) is 0 Å². The molecule has 5 heteroatoms. The molecule has 0 aliphatic carbocycles. The fourth-order valence-electron chi connectivity index (χ4n) is 2.47. The summed E-state index contributed by atoms with van der Waals surface area (Å²) in [5.74, 6) is 2.62. The van der Waals surface area contributed by atoms with E-state index in [1.54, 1.807) is 9.80 Å². The van der Waals surface area contributed by atoms with Crippen molar-refractivity contribution in [1.29, 1.82) is 0 Å². The third-order valence-electron chi connectivity index (χ3n) is 3.76. The normalized spacial score (nSPS) is 14.9. The van der Waals surface area contributed by atoms with Crippen molar-refractivity contribution in [3.8, 4) is 12.3 Å². The Kier molecular flexibility index (Phi) is 5.50. The van der Waals surface area contributed by atoms with Crippen LogP contribution < -0.4 is 0 Å². The molecule has 1 aromatic rings. The number of rotatable bonds is 2. The number of carbonyl (C=O) groups excluding carboxylic acids is 2. The summed E-state index contributed by atoms with van der Waals surface area (Å²) >= 11 is 0. The number of terminal acetylenes is 1. The lowest BCUT2D eigenvalue weighted by molar-refractivity contribution is -0.132. The minimum absolute atomic E-state index is 0.0623. The quantitative estimate of drug-likeness (QED) is 0.783. The van der Waals surface area contributed by atoms with Crippen LogP contribution in [0.5, 0.6) is 0 Å². The Hall–Kier alpha value is -2.48. The molecule has 5 nitrogen and oxygen atoms in total. The topological polar surface area (TPSA) is 49.9 Å². The maximum absolute atomic E-state index is 12.4. The van der Waals surface area contributed by atoms with Gasteiger partial charge in [-0.25, -0.2) is 4.79 Å². The average Bonchev–Trinajstić information content (AvgIpc) is 2.54. The molecule has 0 N–H and O–H groups in total. The highest BCUT2D eigenvalue weighted by atomic mass is 16.6. The molecule has 0 aromatic heterocycles. The molecular weight excluding hydrogens is 304 g/mol. The molecule has 128 valence electrons. The highest BCUT2D eigenvalue weighted by Gasteiger charge is 2.27. The molecule has 1 saturated heterocycles. The Morgan fingerprint density at radius 1 is 1.08 bits per heavy atom. The standard InChI is InChI=1S/C19H24N2O3/c1-5-15-6-8-16(9-7-15)14-17(22)20-10-12-21(13-11-20)18(23)24-19(2,3)4/h1,6-9H,10-14H2,2-4H3. The third kappa shape index (κ3) is 5.02. The molecule has 2 amide bonds. The molecule has 1 heterocycles. The summed E-state index contributed by atoms with van der Waals surface area (Å²) in [5.41, 5.74) is 1.24. The molecule has 2 rings (SSSR count). The van der Waals surface area contributed by atoms with Crippen LogP contribution in [0.2, 0.25) is 0 Å². The summed E-state index contributed by atoms with van der Waals surface area (Å²) in [6.07, 6.45) is 5.35. The molecule has 0 spiro atoms. The van der Waals surface area contributed by atoms with Crippen LogP contribution in [-0.4, -0.2) is 53.6 Å². The lowest BCUT2D eigenvalue weighted by atomic mass is 10.1. The number of hydrogen-bond acceptors (Lipinski definition) is 3. The molecular formula is C19H24N2O3. The zero-order valence-corrected chi connectivity index (χ0v) is 14.5. The van der Waals surface area contributed by atoms with Gasteiger partial charge < -0.3 is 14.5 Å². The second-order valence-corrected chi connectivity index (χ2v) is 6.87. The monoisotopic (exact) mass is 328 g/mol. The number of ether oxygens (including phenoxy) is 1. The van der Waals surface area contributed by atoms with E-state index in [2.05, 4.69) is 5.92 Å². The van der Waals surface area contributed by atoms with Gasteiger partial charge in [0.2, 0.25) is 5.91 Å². The summed E-state index contributed by atoms with van der Waals surface area (Å²) in [7, 11) is 0. The van der Waals surface area contributed by atoms with Gasteiger partial charge in [-0.3, -0.25) is 4.79 Å². The number of piperazine rings is 1. The van der Waals surface area contributed by atoms with Crippen molar-refractivity contribution in [3.63, 3.8) is 0 Å². The minimum atomic E-state index is -0.505. The van der Waals surface area contributed by atoms with Gasteiger partial charge in [-0.1, -0.05) is 18.1 Å². The van der Waals surface area contributed by atoms with Crippen LogP contribution in [-0.2, 0) is 16.0 Å². The number of hydrogen-bond donors (Lipinski definition) is 0. The first-order valence-corrected chi connectivity index (χ1v) is 8.10. The van der Waals surface area contributed by atoms with Crippen LogP contribution in [0.3, 0.4) is 0 Å². The van der Waals surface area contributed by atoms with E-state index in [4.69, 9.17) is 11.2 Å². The largest absolute Gasteiger partial charge is 0.444 e. The Labute approximate surface area is 143 Å². The van der Waals surface area contributed by atoms with Crippen LogP contribution in [0, 0.1) is 12.3 Å². The molecule has 0 atom stereocenters. The van der Waals surface area contributed by atoms with Gasteiger partial charge in [0, 0.05) is 31.7 Å². The fourth-order valence-corrected chi connectivity index (χ4v) is 2.47. The molecule has 1 aliphatic heterocycles. The lowest BCUT2D eigenvalue weighted by Crippen LogP contribution is -2.51.